The number of hydrogen-bond acceptors (Lipinski definition) is 6. The molecule has 0 radical (unpaired) electrons. The van der Waals surface area contributed by atoms with Gasteiger partial charge >= 0.3 is 0 Å². The van der Waals surface area contributed by atoms with E-state index in [0.717, 1.165) is 0 Å². The third-order valence-electron chi connectivity index (χ3n) is 4.33. The predicted octanol–water partition coefficient (Wildman–Crippen LogP) is -1.39. The number of carbonyl (C=O) groups is 3. The van der Waals surface area contributed by atoms with Crippen LogP contribution in [0, 0.1) is 0 Å². The fourth-order valence-electron chi connectivity index (χ4n) is 3.06. The standard InChI is InChI=1S/C15H18N6O4/c22-8-18-10(4-9-6-16-7-17-9)15(25)21-3-1-2-11(21)14(24)20-12-5-13(23)19-12/h6-7,10-12H,1-5H2,(H,16,17)(H,19,23)(H,20,24)/t10-,11-,12-/m0/s1. The van der Waals surface area contributed by atoms with Gasteiger partial charge in [0, 0.05) is 19.2 Å². The molecule has 3 amide bonds. The number of nitrogens with one attached hydrogen (secondary N) is 3. The molecular weight excluding hydrogens is 328 g/mol. The lowest BCUT2D eigenvalue weighted by Gasteiger charge is -2.31. The van der Waals surface area contributed by atoms with Crippen molar-refractivity contribution in [3.05, 3.63) is 18.2 Å². The number of imidazole rings is 1. The lowest BCUT2D eigenvalue weighted by atomic mass is 10.1. The third-order valence-corrected chi connectivity index (χ3v) is 4.33. The van der Waals surface area contributed by atoms with E-state index in [0.29, 0.717) is 25.1 Å². The fourth-order valence-corrected chi connectivity index (χ4v) is 3.06. The smallest absolute Gasteiger partial charge is 0.249 e. The maximum absolute atomic E-state index is 12.8. The predicted molar refractivity (Wildman–Crippen MR) is 83.6 cm³/mol. The molecule has 10 heteroatoms. The Labute approximate surface area is 143 Å². The van der Waals surface area contributed by atoms with Gasteiger partial charge in [0.15, 0.2) is 0 Å². The Kier molecular flexibility index (Phi) is 4.90. The second-order valence-corrected chi connectivity index (χ2v) is 6.02. The Bertz CT molecular complexity index is 704. The molecule has 0 unspecified atom stereocenters. The van der Waals surface area contributed by atoms with Crippen LogP contribution in [-0.4, -0.2) is 63.5 Å². The summed E-state index contributed by atoms with van der Waals surface area (Å²) in [7, 11) is 0. The minimum atomic E-state index is -0.961. The van der Waals surface area contributed by atoms with E-state index < -0.39 is 18.0 Å². The van der Waals surface area contributed by atoms with Crippen LogP contribution in [0.3, 0.4) is 0 Å². The van der Waals surface area contributed by atoms with Gasteiger partial charge in [-0.15, -0.1) is 0 Å². The van der Waals surface area contributed by atoms with Crippen LogP contribution in [0.15, 0.2) is 17.5 Å². The summed E-state index contributed by atoms with van der Waals surface area (Å²) in [4.78, 5) is 58.6. The van der Waals surface area contributed by atoms with Gasteiger partial charge in [0.25, 0.3) is 0 Å². The van der Waals surface area contributed by atoms with Crippen molar-refractivity contribution in [2.45, 2.75) is 43.9 Å². The Hall–Kier alpha value is -3.00. The largest absolute Gasteiger partial charge is 0.351 e. The lowest BCUT2D eigenvalue weighted by molar-refractivity contribution is -0.141. The van der Waals surface area contributed by atoms with Gasteiger partial charge in [-0.2, -0.15) is 4.99 Å². The lowest BCUT2D eigenvalue weighted by Crippen LogP contribution is -2.61. The molecule has 2 fully saturated rings. The van der Waals surface area contributed by atoms with Crippen molar-refractivity contribution < 1.29 is 19.2 Å². The molecule has 0 spiro atoms. The van der Waals surface area contributed by atoms with E-state index in [2.05, 4.69) is 25.6 Å². The van der Waals surface area contributed by atoms with E-state index in [9.17, 15) is 19.2 Å². The van der Waals surface area contributed by atoms with Gasteiger partial charge in [0.2, 0.25) is 23.8 Å². The molecule has 0 saturated carbocycles. The van der Waals surface area contributed by atoms with E-state index in [-0.39, 0.29) is 30.8 Å². The van der Waals surface area contributed by atoms with Crippen molar-refractivity contribution in [1.29, 1.82) is 0 Å². The first-order valence-corrected chi connectivity index (χ1v) is 8.03. The van der Waals surface area contributed by atoms with Crippen molar-refractivity contribution in [3.8, 4) is 0 Å². The Morgan fingerprint density at radius 2 is 2.32 bits per heavy atom. The maximum atomic E-state index is 12.8. The molecule has 2 aliphatic heterocycles. The Morgan fingerprint density at radius 1 is 1.52 bits per heavy atom. The van der Waals surface area contributed by atoms with Crippen LogP contribution in [0.4, 0.5) is 0 Å². The van der Waals surface area contributed by atoms with Crippen molar-refractivity contribution in [3.63, 3.8) is 0 Å². The first kappa shape index (κ1) is 16.8. The number of hydrogen-bond donors (Lipinski definition) is 3. The minimum Gasteiger partial charge on any atom is -0.351 e. The average Bonchev–Trinajstić information content (AvgIpc) is 3.23. The molecule has 0 bridgehead atoms. The summed E-state index contributed by atoms with van der Waals surface area (Å²) in [5, 5.41) is 5.26. The molecule has 3 atom stereocenters. The van der Waals surface area contributed by atoms with E-state index >= 15 is 0 Å². The van der Waals surface area contributed by atoms with Crippen LogP contribution in [0.1, 0.15) is 25.0 Å². The number of nitrogens with zero attached hydrogens (tertiary/aromatic N) is 3. The summed E-state index contributed by atoms with van der Waals surface area (Å²) in [6.45, 7) is 0.416. The average molecular weight is 346 g/mol. The zero-order valence-corrected chi connectivity index (χ0v) is 13.4. The monoisotopic (exact) mass is 346 g/mol. The molecule has 132 valence electrons. The maximum Gasteiger partial charge on any atom is 0.249 e. The van der Waals surface area contributed by atoms with Crippen molar-refractivity contribution in [2.24, 2.45) is 4.99 Å². The van der Waals surface area contributed by atoms with Gasteiger partial charge < -0.3 is 20.5 Å². The summed E-state index contributed by atoms with van der Waals surface area (Å²) in [6, 6.07) is -1.59. The number of H-pyrrole nitrogens is 1. The van der Waals surface area contributed by atoms with Crippen molar-refractivity contribution in [2.75, 3.05) is 6.54 Å². The molecule has 3 rings (SSSR count). The molecule has 0 aromatic carbocycles. The molecule has 1 aromatic rings. The number of aromatic nitrogens is 2. The molecule has 0 aliphatic carbocycles. The van der Waals surface area contributed by atoms with Crippen molar-refractivity contribution >= 4 is 23.8 Å². The van der Waals surface area contributed by atoms with Gasteiger partial charge in [-0.1, -0.05) is 0 Å². The van der Waals surface area contributed by atoms with E-state index in [4.69, 9.17) is 0 Å². The summed E-state index contributed by atoms with van der Waals surface area (Å²) in [5.74, 6) is -0.838. The highest BCUT2D eigenvalue weighted by atomic mass is 16.2. The quantitative estimate of drug-likeness (QED) is 0.331. The van der Waals surface area contributed by atoms with Crippen LogP contribution in [0.25, 0.3) is 0 Å². The number of aliphatic imine (C=N–C) groups is 1. The molecule has 25 heavy (non-hydrogen) atoms. The summed E-state index contributed by atoms with van der Waals surface area (Å²) < 4.78 is 0. The molecule has 1 aromatic heterocycles. The Morgan fingerprint density at radius 3 is 2.96 bits per heavy atom. The van der Waals surface area contributed by atoms with Crippen LogP contribution in [-0.2, 0) is 25.6 Å². The van der Waals surface area contributed by atoms with Crippen LogP contribution < -0.4 is 10.6 Å². The number of likely N-dealkylation sites (tertiary alicyclic amines) is 1. The molecular formula is C15H18N6O4. The van der Waals surface area contributed by atoms with Crippen LogP contribution in [0.2, 0.25) is 0 Å². The van der Waals surface area contributed by atoms with E-state index in [1.807, 2.05) is 0 Å². The third kappa shape index (κ3) is 3.74. The SMILES string of the molecule is O=C=N[C@@H](Cc1c[nH]cn1)C(=O)N1CCC[C@H]1C(=O)N[C@H]1CC(=O)N1. The zero-order chi connectivity index (χ0) is 17.8. The molecule has 10 nitrogen and oxygen atoms in total. The van der Waals surface area contributed by atoms with Gasteiger partial charge in [-0.3, -0.25) is 14.4 Å². The fraction of sp³-hybridized carbons (Fsp3) is 0.533. The Balaban J connectivity index is 1.66. The number of β-lactam (4-membered cyclic amide) rings is 1. The summed E-state index contributed by atoms with van der Waals surface area (Å²) >= 11 is 0. The second-order valence-electron chi connectivity index (χ2n) is 6.02. The number of rotatable bonds is 6. The van der Waals surface area contributed by atoms with Gasteiger partial charge in [0.05, 0.1) is 18.4 Å². The molecule has 2 saturated heterocycles. The van der Waals surface area contributed by atoms with Crippen LogP contribution >= 0.6 is 0 Å². The molecule has 3 N–H and O–H groups in total. The number of carbonyl (C=O) groups excluding carboxylic acids is 4. The van der Waals surface area contributed by atoms with Crippen molar-refractivity contribution in [1.82, 2.24) is 25.5 Å². The zero-order valence-electron chi connectivity index (χ0n) is 13.4. The second kappa shape index (κ2) is 7.27. The number of aromatic amines is 1. The highest BCUT2D eigenvalue weighted by Crippen LogP contribution is 2.21. The number of amides is 3. The van der Waals surface area contributed by atoms with Gasteiger partial charge in [-0.25, -0.2) is 9.78 Å². The van der Waals surface area contributed by atoms with Gasteiger partial charge in [-0.05, 0) is 12.8 Å². The first-order valence-electron chi connectivity index (χ1n) is 8.03. The molecule has 2 aliphatic rings. The normalized spacial score (nSPS) is 23.2. The van der Waals surface area contributed by atoms with E-state index in [1.54, 1.807) is 6.20 Å². The van der Waals surface area contributed by atoms with Gasteiger partial charge in [0.1, 0.15) is 18.2 Å². The topological polar surface area (TPSA) is 137 Å². The highest BCUT2D eigenvalue weighted by molar-refractivity contribution is 5.92. The van der Waals surface area contributed by atoms with Crippen LogP contribution in [0.5, 0.6) is 0 Å². The summed E-state index contributed by atoms with van der Waals surface area (Å²) in [6.07, 6.45) is 5.73. The summed E-state index contributed by atoms with van der Waals surface area (Å²) in [5.41, 5.74) is 0.592. The minimum absolute atomic E-state index is 0.121. The highest BCUT2D eigenvalue weighted by Gasteiger charge is 2.39. The first-order chi connectivity index (χ1) is 12.1. The molecule has 3 heterocycles. The number of isocyanates is 1. The van der Waals surface area contributed by atoms with E-state index in [1.165, 1.54) is 17.3 Å².